The summed E-state index contributed by atoms with van der Waals surface area (Å²) in [5.74, 6) is -0.0255. The highest BCUT2D eigenvalue weighted by atomic mass is 32.2. The molecule has 3 rings (SSSR count). The number of fused-ring (bicyclic) bond motifs is 1. The molecule has 1 atom stereocenters. The number of nitrogens with two attached hydrogens (primary N) is 1. The first-order valence-corrected chi connectivity index (χ1v) is 9.61. The van der Waals surface area contributed by atoms with Gasteiger partial charge in [-0.2, -0.15) is 12.7 Å². The highest BCUT2D eigenvalue weighted by Gasteiger charge is 2.30. The predicted molar refractivity (Wildman–Crippen MR) is 88.0 cm³/mol. The number of hydrogen-bond acceptors (Lipinski definition) is 3. The van der Waals surface area contributed by atoms with E-state index >= 15 is 0 Å². The monoisotopic (exact) mass is 337 g/mol. The number of piperidine rings is 1. The number of hydrogen-bond donors (Lipinski definition) is 2. The fourth-order valence-electron chi connectivity index (χ4n) is 3.58. The molecule has 1 heterocycles. The zero-order chi connectivity index (χ0) is 16.4. The van der Waals surface area contributed by atoms with Crippen LogP contribution in [-0.4, -0.2) is 37.8 Å². The van der Waals surface area contributed by atoms with Crippen molar-refractivity contribution in [3.63, 3.8) is 0 Å². The minimum Gasteiger partial charge on any atom is -0.353 e. The van der Waals surface area contributed by atoms with Crippen molar-refractivity contribution in [2.75, 3.05) is 13.1 Å². The molecular formula is C16H23N3O3S. The molecule has 1 amide bonds. The molecule has 126 valence electrons. The van der Waals surface area contributed by atoms with Crippen LogP contribution in [0.2, 0.25) is 0 Å². The fourth-order valence-corrected chi connectivity index (χ4v) is 4.30. The lowest BCUT2D eigenvalue weighted by Crippen LogP contribution is -2.49. The number of rotatable bonds is 3. The van der Waals surface area contributed by atoms with E-state index in [1.807, 2.05) is 18.2 Å². The average molecular weight is 337 g/mol. The van der Waals surface area contributed by atoms with Gasteiger partial charge in [-0.1, -0.05) is 24.3 Å². The average Bonchev–Trinajstić information content (AvgIpc) is 2.54. The molecule has 7 heteroatoms. The summed E-state index contributed by atoms with van der Waals surface area (Å²) in [6.07, 6.45) is 4.15. The molecule has 1 unspecified atom stereocenters. The lowest BCUT2D eigenvalue weighted by Gasteiger charge is -2.32. The fraction of sp³-hybridized carbons (Fsp3) is 0.562. The number of carbonyl (C=O) groups is 1. The third kappa shape index (κ3) is 3.73. The maximum Gasteiger partial charge on any atom is 0.276 e. The van der Waals surface area contributed by atoms with E-state index < -0.39 is 10.2 Å². The second-order valence-corrected chi connectivity index (χ2v) is 7.92. The second-order valence-electron chi connectivity index (χ2n) is 6.37. The molecule has 0 bridgehead atoms. The Morgan fingerprint density at radius 2 is 1.87 bits per heavy atom. The molecule has 23 heavy (non-hydrogen) atoms. The van der Waals surface area contributed by atoms with Gasteiger partial charge in [0.05, 0.1) is 5.92 Å². The second kappa shape index (κ2) is 6.59. The minimum atomic E-state index is -3.62. The molecule has 0 radical (unpaired) electrons. The summed E-state index contributed by atoms with van der Waals surface area (Å²) in [6.45, 7) is 0.732. The van der Waals surface area contributed by atoms with E-state index in [0.717, 1.165) is 24.8 Å². The van der Waals surface area contributed by atoms with Crippen LogP contribution in [0.15, 0.2) is 24.3 Å². The molecule has 1 aliphatic carbocycles. The van der Waals surface area contributed by atoms with Crippen molar-refractivity contribution in [2.24, 2.45) is 5.14 Å². The predicted octanol–water partition coefficient (Wildman–Crippen LogP) is 0.891. The molecule has 1 aromatic carbocycles. The van der Waals surface area contributed by atoms with Gasteiger partial charge in [-0.25, -0.2) is 5.14 Å². The Balaban J connectivity index is 1.61. The molecule has 0 spiro atoms. The van der Waals surface area contributed by atoms with Crippen molar-refractivity contribution < 1.29 is 13.2 Å². The van der Waals surface area contributed by atoms with Crippen LogP contribution in [0.25, 0.3) is 0 Å². The maximum absolute atomic E-state index is 12.6. The van der Waals surface area contributed by atoms with Crippen molar-refractivity contribution in [2.45, 2.75) is 44.1 Å². The zero-order valence-corrected chi connectivity index (χ0v) is 13.9. The van der Waals surface area contributed by atoms with Gasteiger partial charge in [-0.3, -0.25) is 4.79 Å². The first-order chi connectivity index (χ1) is 10.9. The summed E-state index contributed by atoms with van der Waals surface area (Å²) >= 11 is 0. The number of benzene rings is 1. The summed E-state index contributed by atoms with van der Waals surface area (Å²) in [4.78, 5) is 12.6. The van der Waals surface area contributed by atoms with Crippen molar-refractivity contribution >= 4 is 16.1 Å². The van der Waals surface area contributed by atoms with Gasteiger partial charge in [0.15, 0.2) is 0 Å². The molecule has 0 saturated carbocycles. The van der Waals surface area contributed by atoms with Crippen molar-refractivity contribution in [3.8, 4) is 0 Å². The maximum atomic E-state index is 12.6. The van der Waals surface area contributed by atoms with Crippen LogP contribution in [-0.2, 0) is 21.4 Å². The molecule has 1 aromatic rings. The summed E-state index contributed by atoms with van der Waals surface area (Å²) < 4.78 is 23.9. The van der Waals surface area contributed by atoms with Gasteiger partial charge in [-0.05, 0) is 43.2 Å². The zero-order valence-electron chi connectivity index (χ0n) is 13.1. The molecule has 1 saturated heterocycles. The van der Waals surface area contributed by atoms with E-state index in [1.54, 1.807) is 0 Å². The Morgan fingerprint density at radius 3 is 2.57 bits per heavy atom. The van der Waals surface area contributed by atoms with Gasteiger partial charge in [-0.15, -0.1) is 0 Å². The van der Waals surface area contributed by atoms with E-state index in [-0.39, 0.29) is 17.9 Å². The first kappa shape index (κ1) is 16.4. The standard InChI is InChI=1S/C16H23N3O3S/c17-23(21,22)19-10-8-13(9-11-19)18-16(20)15-7-3-5-12-4-1-2-6-14(12)15/h1-2,4,6,13,15H,3,5,7-11H2,(H,18,20)(H2,17,21,22). The molecule has 1 fully saturated rings. The number of amides is 1. The Kier molecular flexibility index (Phi) is 4.70. The van der Waals surface area contributed by atoms with E-state index in [9.17, 15) is 13.2 Å². The van der Waals surface area contributed by atoms with Crippen LogP contribution in [0.5, 0.6) is 0 Å². The van der Waals surface area contributed by atoms with Crippen molar-refractivity contribution in [1.82, 2.24) is 9.62 Å². The molecule has 2 aliphatic rings. The Bertz CT molecular complexity index is 682. The van der Waals surface area contributed by atoms with E-state index in [0.29, 0.717) is 25.9 Å². The van der Waals surface area contributed by atoms with E-state index in [2.05, 4.69) is 11.4 Å². The molecule has 1 aliphatic heterocycles. The highest BCUT2D eigenvalue weighted by Crippen LogP contribution is 2.31. The van der Waals surface area contributed by atoms with E-state index in [4.69, 9.17) is 5.14 Å². The summed E-state index contributed by atoms with van der Waals surface area (Å²) in [6, 6.07) is 8.16. The summed E-state index contributed by atoms with van der Waals surface area (Å²) in [5.41, 5.74) is 2.40. The van der Waals surface area contributed by atoms with Gasteiger partial charge < -0.3 is 5.32 Å². The molecule has 6 nitrogen and oxygen atoms in total. The lowest BCUT2D eigenvalue weighted by molar-refractivity contribution is -0.123. The van der Waals surface area contributed by atoms with Crippen LogP contribution in [0.1, 0.15) is 42.7 Å². The van der Waals surface area contributed by atoms with Gasteiger partial charge >= 0.3 is 0 Å². The summed E-state index contributed by atoms with van der Waals surface area (Å²) in [7, 11) is -3.62. The topological polar surface area (TPSA) is 92.5 Å². The normalized spacial score (nSPS) is 23.3. The summed E-state index contributed by atoms with van der Waals surface area (Å²) in [5, 5.41) is 8.24. The van der Waals surface area contributed by atoms with Crippen LogP contribution < -0.4 is 10.5 Å². The Hall–Kier alpha value is -1.44. The van der Waals surface area contributed by atoms with Crippen molar-refractivity contribution in [3.05, 3.63) is 35.4 Å². The Labute approximate surface area is 137 Å². The third-order valence-corrected chi connectivity index (χ3v) is 5.93. The molecule has 0 aromatic heterocycles. The lowest BCUT2D eigenvalue weighted by atomic mass is 9.82. The van der Waals surface area contributed by atoms with Gasteiger partial charge in [0.25, 0.3) is 10.2 Å². The first-order valence-electron chi connectivity index (χ1n) is 8.11. The number of carbonyl (C=O) groups excluding carboxylic acids is 1. The molecular weight excluding hydrogens is 314 g/mol. The van der Waals surface area contributed by atoms with Gasteiger partial charge in [0, 0.05) is 19.1 Å². The number of aryl methyl sites for hydroxylation is 1. The Morgan fingerprint density at radius 1 is 1.17 bits per heavy atom. The van der Waals surface area contributed by atoms with Gasteiger partial charge in [0.1, 0.15) is 0 Å². The van der Waals surface area contributed by atoms with Crippen LogP contribution >= 0.6 is 0 Å². The number of nitrogens with one attached hydrogen (secondary N) is 1. The van der Waals surface area contributed by atoms with Crippen molar-refractivity contribution in [1.29, 1.82) is 0 Å². The largest absolute Gasteiger partial charge is 0.353 e. The smallest absolute Gasteiger partial charge is 0.276 e. The van der Waals surface area contributed by atoms with E-state index in [1.165, 1.54) is 9.87 Å². The van der Waals surface area contributed by atoms with Crippen LogP contribution in [0.3, 0.4) is 0 Å². The van der Waals surface area contributed by atoms with Gasteiger partial charge in [0.2, 0.25) is 5.91 Å². The highest BCUT2D eigenvalue weighted by molar-refractivity contribution is 7.86. The van der Waals surface area contributed by atoms with Crippen LogP contribution in [0.4, 0.5) is 0 Å². The minimum absolute atomic E-state index is 0.0228. The van der Waals surface area contributed by atoms with Crippen LogP contribution in [0, 0.1) is 0 Å². The molecule has 3 N–H and O–H groups in total. The third-order valence-electron chi connectivity index (χ3n) is 4.85. The quantitative estimate of drug-likeness (QED) is 0.858. The number of nitrogens with zero attached hydrogens (tertiary/aromatic N) is 1. The SMILES string of the molecule is NS(=O)(=O)N1CCC(NC(=O)C2CCCc3ccccc32)CC1.